The molecule has 0 aromatic heterocycles. The van der Waals surface area contributed by atoms with Gasteiger partial charge in [-0.1, -0.05) is 23.7 Å². The van der Waals surface area contributed by atoms with E-state index in [1.807, 2.05) is 13.0 Å². The number of hydrogen-bond acceptors (Lipinski definition) is 3. The van der Waals surface area contributed by atoms with Crippen LogP contribution >= 0.6 is 11.6 Å². The highest BCUT2D eigenvalue weighted by atomic mass is 35.5. The minimum absolute atomic E-state index is 0.141. The summed E-state index contributed by atoms with van der Waals surface area (Å²) in [4.78, 5) is 0. The Hall–Kier alpha value is -0.620. The van der Waals surface area contributed by atoms with E-state index in [2.05, 4.69) is 9.32 Å². The summed E-state index contributed by atoms with van der Waals surface area (Å²) in [5, 5.41) is 5.14. The fourth-order valence-corrected chi connectivity index (χ4v) is 1.50. The maximum Gasteiger partial charge on any atom is 0.333 e. The van der Waals surface area contributed by atoms with Crippen LogP contribution < -0.4 is 5.14 Å². The Morgan fingerprint density at radius 1 is 1.50 bits per heavy atom. The molecule has 0 radical (unpaired) electrons. The zero-order chi connectivity index (χ0) is 10.8. The minimum Gasteiger partial charge on any atom is -0.253 e. The first kappa shape index (κ1) is 11.5. The fourth-order valence-electron chi connectivity index (χ4n) is 0.915. The molecule has 0 atom stereocenters. The number of nitrogens with two attached hydrogens (primary N) is 1. The van der Waals surface area contributed by atoms with Crippen molar-refractivity contribution in [3.63, 3.8) is 0 Å². The van der Waals surface area contributed by atoms with Crippen LogP contribution in [0.1, 0.15) is 11.1 Å². The minimum atomic E-state index is -3.91. The van der Waals surface area contributed by atoms with Crippen molar-refractivity contribution in [1.29, 1.82) is 0 Å². The van der Waals surface area contributed by atoms with Crippen LogP contribution in [0.2, 0.25) is 5.02 Å². The quantitative estimate of drug-likeness (QED) is 0.860. The van der Waals surface area contributed by atoms with E-state index in [4.69, 9.17) is 11.6 Å². The predicted molar refractivity (Wildman–Crippen MR) is 54.1 cm³/mol. The summed E-state index contributed by atoms with van der Waals surface area (Å²) in [7, 11) is -3.91. The van der Waals surface area contributed by atoms with Gasteiger partial charge in [-0.2, -0.15) is 8.42 Å². The molecule has 0 heterocycles. The summed E-state index contributed by atoms with van der Waals surface area (Å²) in [6, 6.07) is 5.24. The topological polar surface area (TPSA) is 69.4 Å². The number of rotatable bonds is 3. The van der Waals surface area contributed by atoms with E-state index < -0.39 is 10.3 Å². The van der Waals surface area contributed by atoms with Crippen LogP contribution in [0.4, 0.5) is 0 Å². The van der Waals surface area contributed by atoms with E-state index in [0.29, 0.717) is 10.6 Å². The van der Waals surface area contributed by atoms with Gasteiger partial charge in [0.25, 0.3) is 0 Å². The lowest BCUT2D eigenvalue weighted by atomic mass is 10.2. The van der Waals surface area contributed by atoms with E-state index in [1.165, 1.54) is 0 Å². The molecule has 0 amide bonds. The van der Waals surface area contributed by atoms with Gasteiger partial charge in [-0.25, -0.2) is 5.14 Å². The van der Waals surface area contributed by atoms with Crippen molar-refractivity contribution in [3.8, 4) is 0 Å². The molecule has 2 N–H and O–H groups in total. The Kier molecular flexibility index (Phi) is 3.49. The number of benzene rings is 1. The molecule has 4 nitrogen and oxygen atoms in total. The summed E-state index contributed by atoms with van der Waals surface area (Å²) < 4.78 is 25.4. The Bertz CT molecular complexity index is 430. The first-order chi connectivity index (χ1) is 6.38. The molecule has 0 aliphatic rings. The van der Waals surface area contributed by atoms with Crippen molar-refractivity contribution in [3.05, 3.63) is 34.3 Å². The van der Waals surface area contributed by atoms with Crippen molar-refractivity contribution in [2.45, 2.75) is 13.5 Å². The van der Waals surface area contributed by atoms with E-state index in [9.17, 15) is 8.42 Å². The van der Waals surface area contributed by atoms with Crippen LogP contribution in [0.15, 0.2) is 18.2 Å². The molecule has 0 saturated heterocycles. The molecule has 1 aromatic rings. The van der Waals surface area contributed by atoms with E-state index >= 15 is 0 Å². The van der Waals surface area contributed by atoms with E-state index in [-0.39, 0.29) is 6.61 Å². The van der Waals surface area contributed by atoms with E-state index in [1.54, 1.807) is 12.1 Å². The van der Waals surface area contributed by atoms with Crippen molar-refractivity contribution in [2.75, 3.05) is 0 Å². The molecule has 0 bridgehead atoms. The van der Waals surface area contributed by atoms with Gasteiger partial charge < -0.3 is 0 Å². The predicted octanol–water partition coefficient (Wildman–Crippen LogP) is 1.37. The highest BCUT2D eigenvalue weighted by Gasteiger charge is 2.06. The molecule has 0 aliphatic carbocycles. The third-order valence-electron chi connectivity index (χ3n) is 1.59. The van der Waals surface area contributed by atoms with Crippen molar-refractivity contribution in [2.24, 2.45) is 5.14 Å². The lowest BCUT2D eigenvalue weighted by Crippen LogP contribution is -2.15. The molecule has 14 heavy (non-hydrogen) atoms. The molecule has 1 rings (SSSR count). The smallest absolute Gasteiger partial charge is 0.253 e. The summed E-state index contributed by atoms with van der Waals surface area (Å²) in [5.74, 6) is 0. The van der Waals surface area contributed by atoms with Gasteiger partial charge in [0.15, 0.2) is 0 Å². The standard InChI is InChI=1S/C8H10ClNO3S/c1-6-2-3-7(8(9)4-6)5-13-14(10,11)12/h2-4H,5H2,1H3,(H2,10,11,12). The summed E-state index contributed by atoms with van der Waals surface area (Å²) in [6.07, 6.45) is 0. The Morgan fingerprint density at radius 3 is 2.64 bits per heavy atom. The zero-order valence-electron chi connectivity index (χ0n) is 7.53. The van der Waals surface area contributed by atoms with E-state index in [0.717, 1.165) is 5.56 Å². The highest BCUT2D eigenvalue weighted by molar-refractivity contribution is 7.84. The largest absolute Gasteiger partial charge is 0.333 e. The van der Waals surface area contributed by atoms with Gasteiger partial charge in [0.1, 0.15) is 0 Å². The first-order valence-electron chi connectivity index (χ1n) is 3.80. The average molecular weight is 236 g/mol. The van der Waals surface area contributed by atoms with Gasteiger partial charge in [-0.15, -0.1) is 0 Å². The van der Waals surface area contributed by atoms with Crippen LogP contribution in [0.5, 0.6) is 0 Å². The van der Waals surface area contributed by atoms with Crippen LogP contribution in [-0.2, 0) is 21.1 Å². The highest BCUT2D eigenvalue weighted by Crippen LogP contribution is 2.18. The summed E-state index contributed by atoms with van der Waals surface area (Å²) in [5.41, 5.74) is 1.58. The second-order valence-electron chi connectivity index (χ2n) is 2.85. The van der Waals surface area contributed by atoms with Crippen molar-refractivity contribution < 1.29 is 12.6 Å². The summed E-state index contributed by atoms with van der Waals surface area (Å²) in [6.45, 7) is 1.74. The third kappa shape index (κ3) is 3.63. The molecule has 6 heteroatoms. The molecule has 0 saturated carbocycles. The van der Waals surface area contributed by atoms with Crippen LogP contribution in [-0.4, -0.2) is 8.42 Å². The monoisotopic (exact) mass is 235 g/mol. The first-order valence-corrected chi connectivity index (χ1v) is 5.65. The SMILES string of the molecule is Cc1ccc(COS(N)(=O)=O)c(Cl)c1. The molecule has 0 aliphatic heterocycles. The van der Waals surface area contributed by atoms with Crippen molar-refractivity contribution >= 4 is 21.9 Å². The van der Waals surface area contributed by atoms with Gasteiger partial charge >= 0.3 is 10.3 Å². The molecular formula is C8H10ClNO3S. The zero-order valence-corrected chi connectivity index (χ0v) is 9.10. The lowest BCUT2D eigenvalue weighted by molar-refractivity contribution is 0.308. The van der Waals surface area contributed by atoms with Gasteiger partial charge in [-0.05, 0) is 24.1 Å². The van der Waals surface area contributed by atoms with Crippen LogP contribution in [0, 0.1) is 6.92 Å². The maximum absolute atomic E-state index is 10.5. The lowest BCUT2D eigenvalue weighted by Gasteiger charge is -2.04. The third-order valence-corrected chi connectivity index (χ3v) is 2.39. The Labute approximate surface area is 87.9 Å². The Morgan fingerprint density at radius 2 is 2.14 bits per heavy atom. The normalized spacial score (nSPS) is 11.6. The number of aryl methyl sites for hydroxylation is 1. The maximum atomic E-state index is 10.5. The average Bonchev–Trinajstić information content (AvgIpc) is 2.00. The molecule has 0 fully saturated rings. The van der Waals surface area contributed by atoms with Gasteiger partial charge in [0, 0.05) is 5.02 Å². The second kappa shape index (κ2) is 4.27. The molecule has 0 unspecified atom stereocenters. The van der Waals surface area contributed by atoms with Crippen LogP contribution in [0.3, 0.4) is 0 Å². The van der Waals surface area contributed by atoms with Gasteiger partial charge in [0.05, 0.1) is 6.61 Å². The second-order valence-corrected chi connectivity index (χ2v) is 4.48. The van der Waals surface area contributed by atoms with Crippen molar-refractivity contribution in [1.82, 2.24) is 0 Å². The molecule has 78 valence electrons. The summed E-state index contributed by atoms with van der Waals surface area (Å²) >= 11 is 5.84. The molecule has 0 spiro atoms. The number of halogens is 1. The van der Waals surface area contributed by atoms with Gasteiger partial charge in [0.2, 0.25) is 0 Å². The fraction of sp³-hybridized carbons (Fsp3) is 0.250. The Balaban J connectivity index is 2.78. The van der Waals surface area contributed by atoms with Crippen LogP contribution in [0.25, 0.3) is 0 Å². The molecular weight excluding hydrogens is 226 g/mol. The number of hydrogen-bond donors (Lipinski definition) is 1. The molecule has 1 aromatic carbocycles. The van der Waals surface area contributed by atoms with Gasteiger partial charge in [-0.3, -0.25) is 4.18 Å².